The predicted octanol–water partition coefficient (Wildman–Crippen LogP) is 2.02. The Hall–Kier alpha value is -1.56. The number of aromatic amines is 1. The summed E-state index contributed by atoms with van der Waals surface area (Å²) in [5, 5.41) is 11.3. The summed E-state index contributed by atoms with van der Waals surface area (Å²) in [7, 11) is 0. The van der Waals surface area contributed by atoms with Crippen molar-refractivity contribution in [3.8, 4) is 5.75 Å². The SMILES string of the molecule is CC1(C)CN(CC(O)COc2cccc3[nH]ccc23)CCO1. The Kier molecular flexibility index (Phi) is 4.38. The Bertz CT molecular complexity index is 623. The lowest BCUT2D eigenvalue weighted by Gasteiger charge is -2.38. The maximum Gasteiger partial charge on any atom is 0.128 e. The van der Waals surface area contributed by atoms with Crippen LogP contribution in [0.5, 0.6) is 5.75 Å². The molecule has 1 unspecified atom stereocenters. The van der Waals surface area contributed by atoms with Gasteiger partial charge in [-0.25, -0.2) is 0 Å². The topological polar surface area (TPSA) is 57.7 Å². The molecule has 2 aromatic rings. The second kappa shape index (κ2) is 6.28. The molecular formula is C17H24N2O3. The highest BCUT2D eigenvalue weighted by molar-refractivity contribution is 5.85. The molecule has 3 rings (SSSR count). The molecule has 1 saturated heterocycles. The number of aliphatic hydroxyl groups is 1. The van der Waals surface area contributed by atoms with E-state index in [4.69, 9.17) is 9.47 Å². The van der Waals surface area contributed by atoms with Gasteiger partial charge in [0.05, 0.1) is 12.2 Å². The molecular weight excluding hydrogens is 280 g/mol. The normalized spacial score (nSPS) is 20.1. The summed E-state index contributed by atoms with van der Waals surface area (Å²) >= 11 is 0. The van der Waals surface area contributed by atoms with Crippen molar-refractivity contribution in [2.24, 2.45) is 0 Å². The molecule has 1 aliphatic rings. The van der Waals surface area contributed by atoms with Crippen molar-refractivity contribution in [2.45, 2.75) is 25.6 Å². The molecule has 5 heteroatoms. The van der Waals surface area contributed by atoms with Crippen LogP contribution in [-0.2, 0) is 4.74 Å². The number of aliphatic hydroxyl groups excluding tert-OH is 1. The van der Waals surface area contributed by atoms with E-state index in [0.717, 1.165) is 29.7 Å². The summed E-state index contributed by atoms with van der Waals surface area (Å²) in [4.78, 5) is 5.39. The quantitative estimate of drug-likeness (QED) is 0.887. The Balaban J connectivity index is 1.54. The first kappa shape index (κ1) is 15.3. The number of benzene rings is 1. The second-order valence-corrected chi connectivity index (χ2v) is 6.50. The molecule has 1 aliphatic heterocycles. The molecule has 1 aromatic heterocycles. The molecule has 1 fully saturated rings. The minimum atomic E-state index is -0.511. The van der Waals surface area contributed by atoms with Gasteiger partial charge < -0.3 is 19.6 Å². The number of hydrogen-bond acceptors (Lipinski definition) is 4. The molecule has 1 atom stereocenters. The van der Waals surface area contributed by atoms with E-state index in [9.17, 15) is 5.11 Å². The molecule has 5 nitrogen and oxygen atoms in total. The number of β-amino-alcohol motifs (C(OH)–C–C–N with tert-alkyl or cyclic N) is 1. The van der Waals surface area contributed by atoms with Gasteiger partial charge in [0.15, 0.2) is 0 Å². The fourth-order valence-electron chi connectivity index (χ4n) is 2.99. The average Bonchev–Trinajstić information content (AvgIpc) is 2.93. The number of H-pyrrole nitrogens is 1. The number of morpholine rings is 1. The summed E-state index contributed by atoms with van der Waals surface area (Å²) in [6.07, 6.45) is 1.38. The van der Waals surface area contributed by atoms with Crippen molar-refractivity contribution in [2.75, 3.05) is 32.8 Å². The van der Waals surface area contributed by atoms with E-state index in [1.165, 1.54) is 0 Å². The lowest BCUT2D eigenvalue weighted by Crippen LogP contribution is -2.50. The third-order valence-electron chi connectivity index (χ3n) is 3.96. The molecule has 1 aromatic carbocycles. The van der Waals surface area contributed by atoms with Crippen molar-refractivity contribution in [1.29, 1.82) is 0 Å². The molecule has 22 heavy (non-hydrogen) atoms. The molecule has 0 amide bonds. The van der Waals surface area contributed by atoms with Crippen LogP contribution in [-0.4, -0.2) is 59.5 Å². The van der Waals surface area contributed by atoms with Crippen LogP contribution >= 0.6 is 0 Å². The van der Waals surface area contributed by atoms with Crippen LogP contribution in [0.3, 0.4) is 0 Å². The van der Waals surface area contributed by atoms with Crippen molar-refractivity contribution in [1.82, 2.24) is 9.88 Å². The molecule has 2 heterocycles. The van der Waals surface area contributed by atoms with Gasteiger partial charge in [-0.2, -0.15) is 0 Å². The third-order valence-corrected chi connectivity index (χ3v) is 3.96. The first-order valence-corrected chi connectivity index (χ1v) is 7.77. The Morgan fingerprint density at radius 1 is 1.41 bits per heavy atom. The Labute approximate surface area is 130 Å². The standard InChI is InChI=1S/C17H24N2O3/c1-17(2)12-19(8-9-22-17)10-13(20)11-21-16-5-3-4-15-14(16)6-7-18-15/h3-7,13,18,20H,8-12H2,1-2H3. The van der Waals surface area contributed by atoms with E-state index < -0.39 is 6.10 Å². The highest BCUT2D eigenvalue weighted by Crippen LogP contribution is 2.24. The molecule has 0 aliphatic carbocycles. The summed E-state index contributed by atoms with van der Waals surface area (Å²) in [6.45, 7) is 7.45. The van der Waals surface area contributed by atoms with Gasteiger partial charge in [-0.1, -0.05) is 6.07 Å². The van der Waals surface area contributed by atoms with Crippen LogP contribution in [0.1, 0.15) is 13.8 Å². The molecule has 2 N–H and O–H groups in total. The van der Waals surface area contributed by atoms with Crippen LogP contribution < -0.4 is 4.74 Å². The Morgan fingerprint density at radius 2 is 2.27 bits per heavy atom. The number of nitrogens with one attached hydrogen (secondary N) is 1. The van der Waals surface area contributed by atoms with Gasteiger partial charge in [-0.15, -0.1) is 0 Å². The van der Waals surface area contributed by atoms with Crippen molar-refractivity contribution in [3.63, 3.8) is 0 Å². The van der Waals surface area contributed by atoms with Gasteiger partial charge in [0.2, 0.25) is 0 Å². The lowest BCUT2D eigenvalue weighted by atomic mass is 10.1. The fourth-order valence-corrected chi connectivity index (χ4v) is 2.99. The molecule has 0 spiro atoms. The number of hydrogen-bond donors (Lipinski definition) is 2. The smallest absolute Gasteiger partial charge is 0.128 e. The Morgan fingerprint density at radius 3 is 3.09 bits per heavy atom. The van der Waals surface area contributed by atoms with Crippen LogP contribution in [0.4, 0.5) is 0 Å². The van der Waals surface area contributed by atoms with Crippen LogP contribution in [0, 0.1) is 0 Å². The van der Waals surface area contributed by atoms with Gasteiger partial charge in [0, 0.05) is 36.7 Å². The van der Waals surface area contributed by atoms with Crippen molar-refractivity contribution >= 4 is 10.9 Å². The summed E-state index contributed by atoms with van der Waals surface area (Å²) in [5.74, 6) is 0.806. The maximum atomic E-state index is 10.2. The highest BCUT2D eigenvalue weighted by Gasteiger charge is 2.28. The van der Waals surface area contributed by atoms with E-state index in [0.29, 0.717) is 19.8 Å². The zero-order chi connectivity index (χ0) is 15.6. The minimum Gasteiger partial charge on any atom is -0.490 e. The summed E-state index contributed by atoms with van der Waals surface area (Å²) < 4.78 is 11.5. The largest absolute Gasteiger partial charge is 0.490 e. The van der Waals surface area contributed by atoms with Gasteiger partial charge in [0.1, 0.15) is 18.5 Å². The zero-order valence-corrected chi connectivity index (χ0v) is 13.2. The van der Waals surface area contributed by atoms with E-state index >= 15 is 0 Å². The lowest BCUT2D eigenvalue weighted by molar-refractivity contribution is -0.0947. The molecule has 0 bridgehead atoms. The third kappa shape index (κ3) is 3.61. The summed E-state index contributed by atoms with van der Waals surface area (Å²) in [5.41, 5.74) is 0.900. The van der Waals surface area contributed by atoms with Gasteiger partial charge in [-0.05, 0) is 32.0 Å². The number of rotatable bonds is 5. The zero-order valence-electron chi connectivity index (χ0n) is 13.2. The first-order chi connectivity index (χ1) is 10.5. The van der Waals surface area contributed by atoms with E-state index in [1.54, 1.807) is 0 Å². The van der Waals surface area contributed by atoms with Gasteiger partial charge in [0.25, 0.3) is 0 Å². The maximum absolute atomic E-state index is 10.2. The van der Waals surface area contributed by atoms with E-state index in [2.05, 4.69) is 23.7 Å². The van der Waals surface area contributed by atoms with Crippen LogP contribution in [0.15, 0.2) is 30.5 Å². The van der Waals surface area contributed by atoms with Crippen molar-refractivity contribution in [3.05, 3.63) is 30.5 Å². The number of fused-ring (bicyclic) bond motifs is 1. The number of aromatic nitrogens is 1. The van der Waals surface area contributed by atoms with E-state index in [-0.39, 0.29) is 5.60 Å². The number of ether oxygens (including phenoxy) is 2. The first-order valence-electron chi connectivity index (χ1n) is 7.77. The van der Waals surface area contributed by atoms with Crippen molar-refractivity contribution < 1.29 is 14.6 Å². The summed E-state index contributed by atoms with van der Waals surface area (Å²) in [6, 6.07) is 7.88. The molecule has 120 valence electrons. The average molecular weight is 304 g/mol. The van der Waals surface area contributed by atoms with Crippen LogP contribution in [0.25, 0.3) is 10.9 Å². The van der Waals surface area contributed by atoms with E-state index in [1.807, 2.05) is 30.5 Å². The fraction of sp³-hybridized carbons (Fsp3) is 0.529. The molecule has 0 saturated carbocycles. The number of nitrogens with zero attached hydrogens (tertiary/aromatic N) is 1. The van der Waals surface area contributed by atoms with Gasteiger partial charge in [-0.3, -0.25) is 4.90 Å². The highest BCUT2D eigenvalue weighted by atomic mass is 16.5. The van der Waals surface area contributed by atoms with Crippen LogP contribution in [0.2, 0.25) is 0 Å². The monoisotopic (exact) mass is 304 g/mol. The minimum absolute atomic E-state index is 0.143. The molecule has 0 radical (unpaired) electrons. The second-order valence-electron chi connectivity index (χ2n) is 6.50. The predicted molar refractivity (Wildman–Crippen MR) is 86.3 cm³/mol. The van der Waals surface area contributed by atoms with Gasteiger partial charge >= 0.3 is 0 Å².